The molecule has 0 amide bonds. The largest absolute Gasteiger partial charge is 0.326 e. The molecule has 3 rings (SSSR count). The van der Waals surface area contributed by atoms with Gasteiger partial charge in [-0.15, -0.1) is 0 Å². The van der Waals surface area contributed by atoms with Crippen LogP contribution in [0.2, 0.25) is 0 Å². The van der Waals surface area contributed by atoms with Gasteiger partial charge in [-0.3, -0.25) is 4.90 Å². The molecule has 1 heterocycles. The first kappa shape index (κ1) is 12.9. The van der Waals surface area contributed by atoms with Gasteiger partial charge in [0.15, 0.2) is 0 Å². The molecule has 18 heavy (non-hydrogen) atoms. The van der Waals surface area contributed by atoms with Crippen molar-refractivity contribution in [1.29, 1.82) is 0 Å². The first-order valence-electron chi connectivity index (χ1n) is 8.27. The van der Waals surface area contributed by atoms with E-state index in [2.05, 4.69) is 11.8 Å². The van der Waals surface area contributed by atoms with Crippen LogP contribution in [-0.2, 0) is 0 Å². The number of nitrogens with zero attached hydrogens (tertiary/aromatic N) is 1. The number of likely N-dealkylation sites (tertiary alicyclic amines) is 1. The molecule has 3 fully saturated rings. The lowest BCUT2D eigenvalue weighted by Gasteiger charge is -2.43. The van der Waals surface area contributed by atoms with Crippen molar-refractivity contribution in [3.63, 3.8) is 0 Å². The van der Waals surface area contributed by atoms with Gasteiger partial charge in [-0.1, -0.05) is 19.8 Å². The minimum atomic E-state index is 0.447. The third-order valence-corrected chi connectivity index (χ3v) is 5.84. The number of rotatable bonds is 2. The smallest absolute Gasteiger partial charge is 0.0252 e. The van der Waals surface area contributed by atoms with E-state index in [0.717, 1.165) is 17.9 Å². The molecule has 2 N–H and O–H groups in total. The number of hydrogen-bond acceptors (Lipinski definition) is 2. The normalized spacial score (nSPS) is 43.7. The Kier molecular flexibility index (Phi) is 3.95. The third kappa shape index (κ3) is 2.46. The van der Waals surface area contributed by atoms with Gasteiger partial charge in [0.1, 0.15) is 0 Å². The van der Waals surface area contributed by atoms with Crippen molar-refractivity contribution in [2.75, 3.05) is 6.54 Å². The molecule has 0 aromatic carbocycles. The van der Waals surface area contributed by atoms with Gasteiger partial charge in [0.2, 0.25) is 0 Å². The average Bonchev–Trinajstić information content (AvgIpc) is 3.00. The summed E-state index contributed by atoms with van der Waals surface area (Å²) in [7, 11) is 0. The quantitative estimate of drug-likeness (QED) is 0.815. The molecule has 2 nitrogen and oxygen atoms in total. The second-order valence-electron chi connectivity index (χ2n) is 7.14. The van der Waals surface area contributed by atoms with Crippen LogP contribution in [0, 0.1) is 11.8 Å². The summed E-state index contributed by atoms with van der Waals surface area (Å²) in [6.45, 7) is 3.74. The predicted octanol–water partition coefficient (Wildman–Crippen LogP) is 3.16. The van der Waals surface area contributed by atoms with Crippen LogP contribution in [0.4, 0.5) is 0 Å². The Balaban J connectivity index is 1.69. The molecule has 0 aromatic heterocycles. The lowest BCUT2D eigenvalue weighted by atomic mass is 9.82. The highest BCUT2D eigenvalue weighted by Gasteiger charge is 2.40. The fourth-order valence-corrected chi connectivity index (χ4v) is 4.83. The summed E-state index contributed by atoms with van der Waals surface area (Å²) in [6, 6.07) is 2.03. The third-order valence-electron chi connectivity index (χ3n) is 5.84. The minimum Gasteiger partial charge on any atom is -0.326 e. The summed E-state index contributed by atoms with van der Waals surface area (Å²) < 4.78 is 0. The highest BCUT2D eigenvalue weighted by atomic mass is 15.2. The van der Waals surface area contributed by atoms with Crippen molar-refractivity contribution in [2.24, 2.45) is 17.6 Å². The Morgan fingerprint density at radius 3 is 2.44 bits per heavy atom. The molecule has 2 aliphatic carbocycles. The molecular formula is C16H30N2. The lowest BCUT2D eigenvalue weighted by Crippen LogP contribution is -2.53. The number of hydrogen-bond donors (Lipinski definition) is 1. The van der Waals surface area contributed by atoms with Gasteiger partial charge in [-0.2, -0.15) is 0 Å². The summed E-state index contributed by atoms with van der Waals surface area (Å²) in [5, 5.41) is 0. The Labute approximate surface area is 112 Å². The van der Waals surface area contributed by atoms with Crippen molar-refractivity contribution in [3.8, 4) is 0 Å². The molecule has 4 unspecified atom stereocenters. The first-order chi connectivity index (χ1) is 8.75. The maximum Gasteiger partial charge on any atom is 0.0252 e. The summed E-state index contributed by atoms with van der Waals surface area (Å²) in [5.74, 6) is 1.89. The second-order valence-corrected chi connectivity index (χ2v) is 7.14. The van der Waals surface area contributed by atoms with Crippen LogP contribution in [0.3, 0.4) is 0 Å². The summed E-state index contributed by atoms with van der Waals surface area (Å²) >= 11 is 0. The van der Waals surface area contributed by atoms with Crippen molar-refractivity contribution in [1.82, 2.24) is 4.90 Å². The average molecular weight is 250 g/mol. The van der Waals surface area contributed by atoms with Crippen molar-refractivity contribution < 1.29 is 0 Å². The summed E-state index contributed by atoms with van der Waals surface area (Å²) in [5.41, 5.74) is 6.44. The molecule has 0 aromatic rings. The van der Waals surface area contributed by atoms with Gasteiger partial charge in [-0.25, -0.2) is 0 Å². The van der Waals surface area contributed by atoms with Crippen LogP contribution < -0.4 is 5.73 Å². The minimum absolute atomic E-state index is 0.447. The van der Waals surface area contributed by atoms with Crippen molar-refractivity contribution in [2.45, 2.75) is 82.8 Å². The van der Waals surface area contributed by atoms with Crippen LogP contribution in [0.15, 0.2) is 0 Å². The van der Waals surface area contributed by atoms with E-state index in [4.69, 9.17) is 5.73 Å². The molecule has 2 saturated carbocycles. The zero-order valence-corrected chi connectivity index (χ0v) is 12.0. The van der Waals surface area contributed by atoms with Gasteiger partial charge in [-0.05, 0) is 63.3 Å². The van der Waals surface area contributed by atoms with E-state index in [1.807, 2.05) is 0 Å². The van der Waals surface area contributed by atoms with E-state index in [1.165, 1.54) is 64.3 Å². The monoisotopic (exact) mass is 250 g/mol. The van der Waals surface area contributed by atoms with Crippen molar-refractivity contribution >= 4 is 0 Å². The Morgan fingerprint density at radius 2 is 1.67 bits per heavy atom. The Bertz CT molecular complexity index is 272. The summed E-state index contributed by atoms with van der Waals surface area (Å²) in [6.07, 6.45) is 12.7. The fraction of sp³-hybridized carbons (Fsp3) is 1.00. The molecule has 4 atom stereocenters. The maximum atomic E-state index is 6.44. The Hall–Kier alpha value is -0.0800. The van der Waals surface area contributed by atoms with Crippen LogP contribution in [-0.4, -0.2) is 29.6 Å². The topological polar surface area (TPSA) is 29.3 Å². The second kappa shape index (κ2) is 5.50. The molecule has 2 heteroatoms. The van der Waals surface area contributed by atoms with E-state index in [0.29, 0.717) is 12.1 Å². The van der Waals surface area contributed by atoms with Crippen LogP contribution in [0.5, 0.6) is 0 Å². The zero-order chi connectivity index (χ0) is 12.5. The molecule has 0 radical (unpaired) electrons. The molecular weight excluding hydrogens is 220 g/mol. The SMILES string of the molecule is CC1CCC(N)C(N2CCCC2C2CCCC2)C1. The summed E-state index contributed by atoms with van der Waals surface area (Å²) in [4.78, 5) is 2.84. The van der Waals surface area contributed by atoms with Crippen LogP contribution in [0.25, 0.3) is 0 Å². The first-order valence-corrected chi connectivity index (χ1v) is 8.27. The van der Waals surface area contributed by atoms with Crippen LogP contribution in [0.1, 0.15) is 64.7 Å². The number of nitrogens with two attached hydrogens (primary N) is 1. The van der Waals surface area contributed by atoms with Crippen molar-refractivity contribution in [3.05, 3.63) is 0 Å². The highest BCUT2D eigenvalue weighted by molar-refractivity contribution is 4.96. The maximum absolute atomic E-state index is 6.44. The molecule has 0 bridgehead atoms. The molecule has 1 saturated heterocycles. The zero-order valence-electron chi connectivity index (χ0n) is 12.0. The van der Waals surface area contributed by atoms with E-state index in [1.54, 1.807) is 0 Å². The van der Waals surface area contributed by atoms with E-state index in [-0.39, 0.29) is 0 Å². The van der Waals surface area contributed by atoms with Crippen LogP contribution >= 0.6 is 0 Å². The standard InChI is InChI=1S/C16H30N2/c1-12-8-9-14(17)16(11-12)18-10-4-7-15(18)13-5-2-3-6-13/h12-16H,2-11,17H2,1H3. The fourth-order valence-electron chi connectivity index (χ4n) is 4.83. The molecule has 104 valence electrons. The predicted molar refractivity (Wildman–Crippen MR) is 76.5 cm³/mol. The molecule has 0 spiro atoms. The highest BCUT2D eigenvalue weighted by Crippen LogP contribution is 2.39. The Morgan fingerprint density at radius 1 is 0.889 bits per heavy atom. The van der Waals surface area contributed by atoms with Gasteiger partial charge in [0.25, 0.3) is 0 Å². The van der Waals surface area contributed by atoms with Gasteiger partial charge in [0, 0.05) is 18.1 Å². The van der Waals surface area contributed by atoms with E-state index < -0.39 is 0 Å². The molecule has 1 aliphatic heterocycles. The van der Waals surface area contributed by atoms with Gasteiger partial charge in [0.05, 0.1) is 0 Å². The van der Waals surface area contributed by atoms with E-state index >= 15 is 0 Å². The molecule has 3 aliphatic rings. The van der Waals surface area contributed by atoms with Gasteiger partial charge >= 0.3 is 0 Å². The van der Waals surface area contributed by atoms with E-state index in [9.17, 15) is 0 Å². The van der Waals surface area contributed by atoms with Gasteiger partial charge < -0.3 is 5.73 Å². The lowest BCUT2D eigenvalue weighted by molar-refractivity contribution is 0.0789.